The fourth-order valence-corrected chi connectivity index (χ4v) is 6.67. The molecule has 184 valence electrons. The van der Waals surface area contributed by atoms with Gasteiger partial charge in [-0.25, -0.2) is 23.4 Å². The first-order chi connectivity index (χ1) is 17.5. The molecule has 0 spiro atoms. The van der Waals surface area contributed by atoms with E-state index in [1.807, 2.05) is 30.3 Å². The van der Waals surface area contributed by atoms with E-state index in [0.717, 1.165) is 33.6 Å². The van der Waals surface area contributed by atoms with Gasteiger partial charge in [-0.3, -0.25) is 0 Å². The molecule has 5 aromatic rings. The van der Waals surface area contributed by atoms with Crippen LogP contribution in [0.15, 0.2) is 66.0 Å². The Balaban J connectivity index is 1.32. The number of hydrogen-bond acceptors (Lipinski definition) is 6. The molecule has 0 radical (unpaired) electrons. The summed E-state index contributed by atoms with van der Waals surface area (Å²) in [5, 5.41) is 0.267. The van der Waals surface area contributed by atoms with Crippen LogP contribution in [0.1, 0.15) is 18.9 Å². The molecule has 4 heterocycles. The Labute approximate surface area is 212 Å². The summed E-state index contributed by atoms with van der Waals surface area (Å²) in [6.45, 7) is 0.754. The molecule has 9 nitrogen and oxygen atoms in total. The van der Waals surface area contributed by atoms with Gasteiger partial charge in [0.1, 0.15) is 17.1 Å². The van der Waals surface area contributed by atoms with E-state index >= 15 is 0 Å². The summed E-state index contributed by atoms with van der Waals surface area (Å²) >= 11 is 6.19. The first-order valence-corrected chi connectivity index (χ1v) is 13.4. The van der Waals surface area contributed by atoms with E-state index < -0.39 is 10.0 Å². The Hall–Kier alpha value is -3.47. The number of rotatable bonds is 5. The monoisotopic (exact) mass is 522 g/mol. The molecule has 0 saturated carbocycles. The number of nitrogens with zero attached hydrogens (tertiary/aromatic N) is 5. The van der Waals surface area contributed by atoms with Gasteiger partial charge in [-0.2, -0.15) is 4.31 Å². The number of aromatic nitrogens is 5. The second-order valence-corrected chi connectivity index (χ2v) is 11.1. The molecule has 0 unspecified atom stereocenters. The van der Waals surface area contributed by atoms with E-state index in [1.54, 1.807) is 18.6 Å². The van der Waals surface area contributed by atoms with Gasteiger partial charge in [0.15, 0.2) is 5.65 Å². The zero-order valence-corrected chi connectivity index (χ0v) is 21.0. The topological polar surface area (TPSA) is 106 Å². The normalized spacial score (nSPS) is 15.6. The van der Waals surface area contributed by atoms with Gasteiger partial charge in [-0.1, -0.05) is 11.6 Å². The molecule has 0 aliphatic carbocycles. The molecule has 36 heavy (non-hydrogen) atoms. The number of piperidine rings is 1. The molecular weight excluding hydrogens is 500 g/mol. The maximum Gasteiger partial charge on any atom is 0.243 e. The Kier molecular flexibility index (Phi) is 5.66. The number of methoxy groups -OCH3 is 1. The lowest BCUT2D eigenvalue weighted by Gasteiger charge is -2.32. The smallest absolute Gasteiger partial charge is 0.243 e. The van der Waals surface area contributed by atoms with E-state index in [0.29, 0.717) is 31.7 Å². The Morgan fingerprint density at radius 3 is 2.67 bits per heavy atom. The first-order valence-electron chi connectivity index (χ1n) is 11.6. The maximum atomic E-state index is 13.3. The third-order valence-electron chi connectivity index (χ3n) is 6.68. The summed E-state index contributed by atoms with van der Waals surface area (Å²) in [4.78, 5) is 17.1. The standard InChI is InChI=1S/C25H23ClN6O3S/c1-35-23-7-5-18(14-19(23)26)36(33,34)31-11-8-17(9-12-31)32-24(30-21-3-2-10-27-25(21)32)16-4-6-20-22(13-16)29-15-28-20/h2-7,10,13-15,17H,8-9,11-12H2,1H3,(H,28,29). The number of hydrogen-bond donors (Lipinski definition) is 1. The van der Waals surface area contributed by atoms with Crippen LogP contribution in [0.25, 0.3) is 33.6 Å². The van der Waals surface area contributed by atoms with Crippen molar-refractivity contribution in [3.8, 4) is 17.1 Å². The molecule has 1 aliphatic heterocycles. The number of halogens is 1. The van der Waals surface area contributed by atoms with Crippen molar-refractivity contribution >= 4 is 43.8 Å². The second kappa shape index (κ2) is 8.88. The molecule has 1 aliphatic rings. The van der Waals surface area contributed by atoms with Crippen molar-refractivity contribution in [1.29, 1.82) is 0 Å². The number of sulfonamides is 1. The van der Waals surface area contributed by atoms with Gasteiger partial charge in [0.2, 0.25) is 10.0 Å². The quantitative estimate of drug-likeness (QED) is 0.360. The molecule has 1 fully saturated rings. The summed E-state index contributed by atoms with van der Waals surface area (Å²) in [7, 11) is -2.19. The van der Waals surface area contributed by atoms with Crippen molar-refractivity contribution < 1.29 is 13.2 Å². The average molecular weight is 523 g/mol. The lowest BCUT2D eigenvalue weighted by atomic mass is 10.1. The van der Waals surface area contributed by atoms with Crippen LogP contribution in [-0.4, -0.2) is 57.4 Å². The number of fused-ring (bicyclic) bond motifs is 2. The Bertz CT molecular complexity index is 1690. The largest absolute Gasteiger partial charge is 0.495 e. The number of pyridine rings is 1. The molecule has 0 bridgehead atoms. The maximum absolute atomic E-state index is 13.3. The van der Waals surface area contributed by atoms with Crippen molar-refractivity contribution in [3.05, 3.63) is 66.1 Å². The van der Waals surface area contributed by atoms with Gasteiger partial charge in [0, 0.05) is 30.9 Å². The van der Waals surface area contributed by atoms with Crippen LogP contribution in [-0.2, 0) is 10.0 Å². The molecule has 2 aromatic carbocycles. The van der Waals surface area contributed by atoms with Crippen molar-refractivity contribution in [2.75, 3.05) is 20.2 Å². The predicted molar refractivity (Wildman–Crippen MR) is 138 cm³/mol. The summed E-state index contributed by atoms with van der Waals surface area (Å²) in [6.07, 6.45) is 4.69. The Morgan fingerprint density at radius 1 is 1.06 bits per heavy atom. The minimum atomic E-state index is -3.68. The van der Waals surface area contributed by atoms with Gasteiger partial charge in [0.05, 0.1) is 34.4 Å². The summed E-state index contributed by atoms with van der Waals surface area (Å²) in [5.74, 6) is 1.25. The van der Waals surface area contributed by atoms with Crippen molar-refractivity contribution in [1.82, 2.24) is 28.8 Å². The number of H-pyrrole nitrogens is 1. The van der Waals surface area contributed by atoms with Crippen LogP contribution in [0.2, 0.25) is 5.02 Å². The zero-order chi connectivity index (χ0) is 24.9. The molecular formula is C25H23ClN6O3S. The van der Waals surface area contributed by atoms with E-state index in [1.165, 1.54) is 23.5 Å². The third kappa shape index (κ3) is 3.82. The molecule has 1 saturated heterocycles. The highest BCUT2D eigenvalue weighted by molar-refractivity contribution is 7.89. The number of imidazole rings is 2. The van der Waals surface area contributed by atoms with Crippen LogP contribution in [0, 0.1) is 0 Å². The number of benzene rings is 2. The highest BCUT2D eigenvalue weighted by Gasteiger charge is 2.32. The third-order valence-corrected chi connectivity index (χ3v) is 8.87. The zero-order valence-electron chi connectivity index (χ0n) is 19.4. The number of nitrogens with one attached hydrogen (secondary N) is 1. The fraction of sp³-hybridized carbons (Fsp3) is 0.240. The highest BCUT2D eigenvalue weighted by Crippen LogP contribution is 2.35. The van der Waals surface area contributed by atoms with Crippen LogP contribution in [0.4, 0.5) is 0 Å². The van der Waals surface area contributed by atoms with Crippen molar-refractivity contribution in [2.24, 2.45) is 0 Å². The minimum Gasteiger partial charge on any atom is -0.495 e. The van der Waals surface area contributed by atoms with Gasteiger partial charge in [0.25, 0.3) is 0 Å². The molecule has 0 atom stereocenters. The van der Waals surface area contributed by atoms with E-state index in [2.05, 4.69) is 19.5 Å². The Morgan fingerprint density at radius 2 is 1.89 bits per heavy atom. The molecule has 0 amide bonds. The van der Waals surface area contributed by atoms with Gasteiger partial charge in [-0.05, 0) is 61.4 Å². The van der Waals surface area contributed by atoms with Crippen LogP contribution >= 0.6 is 11.6 Å². The van der Waals surface area contributed by atoms with Crippen LogP contribution in [0.3, 0.4) is 0 Å². The average Bonchev–Trinajstić information content (AvgIpc) is 3.53. The van der Waals surface area contributed by atoms with Crippen molar-refractivity contribution in [3.63, 3.8) is 0 Å². The molecule has 11 heteroatoms. The summed E-state index contributed by atoms with van der Waals surface area (Å²) in [6, 6.07) is 14.4. The van der Waals surface area contributed by atoms with Crippen LogP contribution < -0.4 is 4.74 Å². The van der Waals surface area contributed by atoms with Crippen molar-refractivity contribution in [2.45, 2.75) is 23.8 Å². The lowest BCUT2D eigenvalue weighted by molar-refractivity contribution is 0.278. The minimum absolute atomic E-state index is 0.0447. The lowest BCUT2D eigenvalue weighted by Crippen LogP contribution is -2.39. The fourth-order valence-electron chi connectivity index (χ4n) is 4.85. The molecule has 6 rings (SSSR count). The SMILES string of the molecule is COc1ccc(S(=O)(=O)N2CCC(n3c(-c4ccc5nc[nH]c5c4)nc4cccnc43)CC2)cc1Cl. The van der Waals surface area contributed by atoms with E-state index in [9.17, 15) is 8.42 Å². The van der Waals surface area contributed by atoms with Gasteiger partial charge >= 0.3 is 0 Å². The number of aromatic amines is 1. The highest BCUT2D eigenvalue weighted by atomic mass is 35.5. The molecule has 3 aromatic heterocycles. The van der Waals surface area contributed by atoms with Gasteiger partial charge in [-0.15, -0.1) is 0 Å². The van der Waals surface area contributed by atoms with E-state index in [4.69, 9.17) is 21.3 Å². The molecule has 1 N–H and O–H groups in total. The van der Waals surface area contributed by atoms with E-state index in [-0.39, 0.29) is 16.0 Å². The van der Waals surface area contributed by atoms with Crippen LogP contribution in [0.5, 0.6) is 5.75 Å². The number of ether oxygens (including phenoxy) is 1. The second-order valence-electron chi connectivity index (χ2n) is 8.72. The first kappa shape index (κ1) is 23.0. The predicted octanol–water partition coefficient (Wildman–Crippen LogP) is 4.66. The van der Waals surface area contributed by atoms with Gasteiger partial charge < -0.3 is 14.3 Å². The summed E-state index contributed by atoms with van der Waals surface area (Å²) < 4.78 is 35.5. The summed E-state index contributed by atoms with van der Waals surface area (Å²) in [5.41, 5.74) is 4.36.